The van der Waals surface area contributed by atoms with Crippen LogP contribution in [0.3, 0.4) is 0 Å². The molecular weight excluding hydrogens is 775 g/mol. The van der Waals surface area contributed by atoms with Gasteiger partial charge in [-0.25, -0.2) is 4.79 Å². The van der Waals surface area contributed by atoms with Crippen LogP contribution in [0.5, 0.6) is 5.75 Å². The number of carbonyl (C=O) groups excluding carboxylic acids is 2. The molecule has 1 aliphatic heterocycles. The van der Waals surface area contributed by atoms with Crippen molar-refractivity contribution in [2.75, 3.05) is 38.3 Å². The lowest BCUT2D eigenvalue weighted by atomic mass is 9.86. The summed E-state index contributed by atoms with van der Waals surface area (Å²) in [4.78, 5) is 28.3. The molecule has 5 rings (SSSR count). The van der Waals surface area contributed by atoms with E-state index < -0.39 is 17.1 Å². The zero-order valence-corrected chi connectivity index (χ0v) is 35.2. The molecule has 2 heterocycles. The second-order valence-corrected chi connectivity index (χ2v) is 15.7. The summed E-state index contributed by atoms with van der Waals surface area (Å²) in [6.45, 7) is 8.53. The van der Waals surface area contributed by atoms with E-state index in [1.54, 1.807) is 11.3 Å². The van der Waals surface area contributed by atoms with Gasteiger partial charge in [-0.3, -0.25) is 4.79 Å². The lowest BCUT2D eigenvalue weighted by molar-refractivity contribution is -0.153. The molecule has 0 fully saturated rings. The number of alkyl carbamates (subject to hydrolysis) is 1. The summed E-state index contributed by atoms with van der Waals surface area (Å²) >= 11 is 1.55. The maximum Gasteiger partial charge on any atom is 0.407 e. The van der Waals surface area contributed by atoms with Gasteiger partial charge in [0.1, 0.15) is 49.4 Å². The van der Waals surface area contributed by atoms with Gasteiger partial charge in [-0.1, -0.05) is 73.7 Å². The molecule has 60 heavy (non-hydrogen) atoms. The number of likely N-dealkylation sites (N-methyl/N-ethyl adjacent to an activating group) is 1. The van der Waals surface area contributed by atoms with Crippen molar-refractivity contribution in [3.05, 3.63) is 146 Å². The average molecular weight is 822 g/mol. The Morgan fingerprint density at radius 1 is 0.883 bits per heavy atom. The Kier molecular flexibility index (Phi) is 15.1. The van der Waals surface area contributed by atoms with Crippen LogP contribution in [-0.2, 0) is 31.2 Å². The molecule has 1 amide bonds. The first-order valence-corrected chi connectivity index (χ1v) is 20.2. The molecule has 1 N–H and O–H groups in total. The Morgan fingerprint density at radius 2 is 1.55 bits per heavy atom. The highest BCUT2D eigenvalue weighted by atomic mass is 32.1. The summed E-state index contributed by atoms with van der Waals surface area (Å²) in [7, 11) is 1.90. The highest BCUT2D eigenvalue weighted by Crippen LogP contribution is 2.47. The zero-order chi connectivity index (χ0) is 43.1. The van der Waals surface area contributed by atoms with Gasteiger partial charge in [0.2, 0.25) is 0 Å². The average Bonchev–Trinajstić information content (AvgIpc) is 3.85. The van der Waals surface area contributed by atoms with Crippen molar-refractivity contribution in [1.82, 2.24) is 5.32 Å². The van der Waals surface area contributed by atoms with Crippen molar-refractivity contribution in [3.63, 3.8) is 0 Å². The number of esters is 1. The van der Waals surface area contributed by atoms with Gasteiger partial charge in [0.15, 0.2) is 16.9 Å². The number of nitriles is 3. The van der Waals surface area contributed by atoms with E-state index in [2.05, 4.69) is 11.4 Å². The van der Waals surface area contributed by atoms with Crippen LogP contribution < -0.4 is 15.0 Å². The largest absolute Gasteiger partial charge is 0.488 e. The van der Waals surface area contributed by atoms with E-state index >= 15 is 0 Å². The maximum atomic E-state index is 12.3. The fourth-order valence-corrected chi connectivity index (χ4v) is 6.85. The number of hydrogen-bond donors (Lipinski definition) is 1. The summed E-state index contributed by atoms with van der Waals surface area (Å²) in [5.74, 6) is 0.345. The number of amides is 1. The summed E-state index contributed by atoms with van der Waals surface area (Å²) in [5, 5.41) is 32.0. The molecule has 3 aromatic carbocycles. The van der Waals surface area contributed by atoms with Crippen LogP contribution in [0.4, 0.5) is 10.5 Å². The Hall–Kier alpha value is -7.07. The first-order chi connectivity index (χ1) is 28.9. The minimum absolute atomic E-state index is 0.0221. The van der Waals surface area contributed by atoms with E-state index in [0.717, 1.165) is 32.1 Å². The van der Waals surface area contributed by atoms with Gasteiger partial charge in [0.05, 0.1) is 18.5 Å². The third kappa shape index (κ3) is 11.1. The van der Waals surface area contributed by atoms with E-state index in [4.69, 9.17) is 18.9 Å². The molecule has 1 unspecified atom stereocenters. The minimum atomic E-state index is -1.10. The smallest absolute Gasteiger partial charge is 0.407 e. The molecule has 12 heteroatoms. The van der Waals surface area contributed by atoms with Gasteiger partial charge >= 0.3 is 12.1 Å². The van der Waals surface area contributed by atoms with Crippen molar-refractivity contribution >= 4 is 47.3 Å². The number of nitrogens with one attached hydrogen (secondary N) is 1. The molecule has 0 saturated heterocycles. The highest BCUT2D eigenvalue weighted by Gasteiger charge is 2.43. The number of rotatable bonds is 17. The normalized spacial score (nSPS) is 14.9. The molecule has 11 nitrogen and oxygen atoms in total. The Balaban J connectivity index is 1.28. The predicted molar refractivity (Wildman–Crippen MR) is 233 cm³/mol. The van der Waals surface area contributed by atoms with Crippen LogP contribution in [-0.4, -0.2) is 45.4 Å². The summed E-state index contributed by atoms with van der Waals surface area (Å²) < 4.78 is 23.2. The van der Waals surface area contributed by atoms with E-state index in [-0.39, 0.29) is 42.6 Å². The molecule has 4 aromatic rings. The molecule has 0 aliphatic carbocycles. The van der Waals surface area contributed by atoms with Gasteiger partial charge in [-0.15, -0.1) is 11.3 Å². The van der Waals surface area contributed by atoms with E-state index in [1.807, 2.05) is 167 Å². The highest BCUT2D eigenvalue weighted by molar-refractivity contribution is 7.13. The molecule has 1 aromatic heterocycles. The van der Waals surface area contributed by atoms with E-state index in [1.165, 1.54) is 0 Å². The number of hydrogen-bond acceptors (Lipinski definition) is 11. The lowest BCUT2D eigenvalue weighted by Gasteiger charge is -2.27. The number of thiophene rings is 1. The molecule has 0 spiro atoms. The van der Waals surface area contributed by atoms with Crippen LogP contribution >= 0.6 is 11.3 Å². The quantitative estimate of drug-likeness (QED) is 0.0618. The van der Waals surface area contributed by atoms with Crippen LogP contribution in [0, 0.1) is 39.4 Å². The van der Waals surface area contributed by atoms with Crippen LogP contribution in [0.25, 0.3) is 18.2 Å². The topological polar surface area (TPSA) is 158 Å². The Labute approximate surface area is 355 Å². The number of nitrogens with zero attached hydrogens (tertiary/aromatic N) is 4. The van der Waals surface area contributed by atoms with Crippen molar-refractivity contribution in [2.45, 2.75) is 46.3 Å². The second-order valence-electron chi connectivity index (χ2n) is 14.6. The van der Waals surface area contributed by atoms with Crippen LogP contribution in [0.15, 0.2) is 120 Å². The predicted octanol–water partition coefficient (Wildman–Crippen LogP) is 9.72. The third-order valence-electron chi connectivity index (χ3n) is 10.1. The lowest BCUT2D eigenvalue weighted by Crippen LogP contribution is -2.33. The van der Waals surface area contributed by atoms with Crippen molar-refractivity contribution in [3.8, 4) is 24.0 Å². The van der Waals surface area contributed by atoms with Gasteiger partial charge in [0, 0.05) is 39.7 Å². The maximum absolute atomic E-state index is 12.3. The molecule has 0 saturated carbocycles. The molecule has 306 valence electrons. The van der Waals surface area contributed by atoms with Gasteiger partial charge in [-0.2, -0.15) is 15.8 Å². The molecular formula is C48H47N5O6S. The van der Waals surface area contributed by atoms with Gasteiger partial charge in [-0.05, 0) is 80.8 Å². The first-order valence-electron chi connectivity index (χ1n) is 19.4. The summed E-state index contributed by atoms with van der Waals surface area (Å²) in [5.41, 5.74) is 2.30. The SMILES string of the molecule is CCC(C)(C)C(=O)OCCNC(=O)OCCN(C)c1ccc(/C=C/c2ccc(/C=C/C3=C(C#N)C(=C(C#N)C#N)OC3(C)c3ccccc3)s2)c(OCc2ccccc2)c1. The van der Waals surface area contributed by atoms with E-state index in [9.17, 15) is 25.4 Å². The first kappa shape index (κ1) is 44.0. The minimum Gasteiger partial charge on any atom is -0.488 e. The fourth-order valence-electron chi connectivity index (χ4n) is 6.03. The number of benzene rings is 3. The van der Waals surface area contributed by atoms with Crippen LogP contribution in [0.1, 0.15) is 60.6 Å². The third-order valence-corrected chi connectivity index (χ3v) is 11.1. The Bertz CT molecular complexity index is 2400. The van der Waals surface area contributed by atoms with Crippen molar-refractivity contribution < 1.29 is 28.5 Å². The number of anilines is 1. The molecule has 0 bridgehead atoms. The Morgan fingerprint density at radius 3 is 2.20 bits per heavy atom. The second kappa shape index (κ2) is 20.6. The van der Waals surface area contributed by atoms with Gasteiger partial charge in [0.25, 0.3) is 0 Å². The monoisotopic (exact) mass is 821 g/mol. The zero-order valence-electron chi connectivity index (χ0n) is 34.4. The summed E-state index contributed by atoms with van der Waals surface area (Å²) in [6, 6.07) is 35.1. The van der Waals surface area contributed by atoms with Crippen LogP contribution in [0.2, 0.25) is 0 Å². The van der Waals surface area contributed by atoms with E-state index in [0.29, 0.717) is 30.9 Å². The molecule has 1 atom stereocenters. The summed E-state index contributed by atoms with van der Waals surface area (Å²) in [6.07, 6.45) is 7.79. The molecule has 0 radical (unpaired) electrons. The van der Waals surface area contributed by atoms with Gasteiger partial charge < -0.3 is 29.2 Å². The number of allylic oxidation sites excluding steroid dienone is 2. The van der Waals surface area contributed by atoms with Crippen molar-refractivity contribution in [2.24, 2.45) is 5.41 Å². The number of ether oxygens (including phenoxy) is 4. The standard InChI is InChI=1S/C48H47N5O6S/c1-6-47(2,3)45(54)56-27-25-52-46(55)57-28-26-53(5)38-19-17-35(43(29-38)58-33-34-13-9-7-10-14-34)18-20-39-21-22-40(60-39)23-24-42-41(32-51)44(36(30-49)31-50)59-48(42,4)37-15-11-8-12-16-37/h7-24,29H,6,25-28,33H2,1-5H3,(H,52,55)/b20-18+,24-23+. The van der Waals surface area contributed by atoms with Crippen molar-refractivity contribution in [1.29, 1.82) is 15.8 Å². The fraction of sp³-hybridized carbons (Fsp3) is 0.271. The molecule has 1 aliphatic rings. The number of carbonyl (C=O) groups is 2.